The van der Waals surface area contributed by atoms with Crippen LogP contribution in [0.2, 0.25) is 0 Å². The lowest BCUT2D eigenvalue weighted by Crippen LogP contribution is -2.37. The summed E-state index contributed by atoms with van der Waals surface area (Å²) in [6.07, 6.45) is 1.52. The van der Waals surface area contributed by atoms with E-state index in [0.29, 0.717) is 29.4 Å². The Morgan fingerprint density at radius 3 is 2.96 bits per heavy atom. The number of aromatic nitrogens is 3. The van der Waals surface area contributed by atoms with Gasteiger partial charge >= 0.3 is 0 Å². The number of pyridine rings is 1. The lowest BCUT2D eigenvalue weighted by molar-refractivity contribution is -0.116. The molecule has 0 unspecified atom stereocenters. The maximum atomic E-state index is 12.8. The molecule has 1 aliphatic rings. The molecule has 1 aromatic carbocycles. The van der Waals surface area contributed by atoms with E-state index in [2.05, 4.69) is 20.3 Å². The van der Waals surface area contributed by atoms with E-state index in [1.807, 2.05) is 25.1 Å². The van der Waals surface area contributed by atoms with Crippen LogP contribution in [0.5, 0.6) is 0 Å². The van der Waals surface area contributed by atoms with Gasteiger partial charge in [-0.3, -0.25) is 9.59 Å². The number of aryl methyl sites for hydroxylation is 1. The summed E-state index contributed by atoms with van der Waals surface area (Å²) in [5, 5.41) is 2.96. The van der Waals surface area contributed by atoms with Crippen molar-refractivity contribution in [1.82, 2.24) is 19.9 Å². The highest BCUT2D eigenvalue weighted by atomic mass is 16.2. The molecule has 0 fully saturated rings. The highest BCUT2D eigenvalue weighted by Gasteiger charge is 2.24. The van der Waals surface area contributed by atoms with E-state index in [0.717, 1.165) is 16.6 Å². The molecular weight excluding hydrogens is 344 g/mol. The second-order valence-electron chi connectivity index (χ2n) is 6.76. The van der Waals surface area contributed by atoms with Crippen molar-refractivity contribution >= 4 is 34.4 Å². The molecule has 3 heterocycles. The largest absolute Gasteiger partial charge is 0.359 e. The maximum absolute atomic E-state index is 12.8. The van der Waals surface area contributed by atoms with Gasteiger partial charge in [0.15, 0.2) is 0 Å². The van der Waals surface area contributed by atoms with Crippen molar-refractivity contribution in [3.63, 3.8) is 0 Å². The van der Waals surface area contributed by atoms with Crippen molar-refractivity contribution in [2.24, 2.45) is 0 Å². The molecule has 0 saturated carbocycles. The molecule has 0 spiro atoms. The summed E-state index contributed by atoms with van der Waals surface area (Å²) in [4.78, 5) is 39.8. The Morgan fingerprint density at radius 1 is 1.33 bits per heavy atom. The fourth-order valence-electron chi connectivity index (χ4n) is 3.14. The third-order valence-corrected chi connectivity index (χ3v) is 4.68. The molecule has 8 heteroatoms. The van der Waals surface area contributed by atoms with Crippen LogP contribution in [0.3, 0.4) is 0 Å². The van der Waals surface area contributed by atoms with E-state index in [4.69, 9.17) is 0 Å². The number of hydrogen-bond donors (Lipinski definition) is 2. The summed E-state index contributed by atoms with van der Waals surface area (Å²) in [5.41, 5.74) is 4.00. The van der Waals surface area contributed by atoms with Gasteiger partial charge < -0.3 is 20.1 Å². The first kappa shape index (κ1) is 17.0. The monoisotopic (exact) mass is 364 g/mol. The number of carbonyl (C=O) groups is 2. The van der Waals surface area contributed by atoms with Crippen molar-refractivity contribution in [3.8, 4) is 0 Å². The number of imidazole rings is 1. The molecule has 0 bridgehead atoms. The topological polar surface area (TPSA) is 94.2 Å². The standard InChI is InChI=1S/C19H20N6O2/c1-11-4-5-13-14(6-11)23-16(22-13)10-24(2)19(27)12-7-15-18(20-8-12)21-9-17(26)25(15)3/h4-8H,9-10H2,1-3H3,(H,20,21)(H,22,23). The number of anilines is 2. The number of benzene rings is 1. The quantitative estimate of drug-likeness (QED) is 0.741. The van der Waals surface area contributed by atoms with E-state index in [1.165, 1.54) is 11.1 Å². The van der Waals surface area contributed by atoms with Crippen LogP contribution < -0.4 is 10.2 Å². The number of fused-ring (bicyclic) bond motifs is 2. The van der Waals surface area contributed by atoms with Crippen LogP contribution in [-0.2, 0) is 11.3 Å². The Morgan fingerprint density at radius 2 is 2.15 bits per heavy atom. The van der Waals surface area contributed by atoms with E-state index in [9.17, 15) is 9.59 Å². The summed E-state index contributed by atoms with van der Waals surface area (Å²) in [6.45, 7) is 2.57. The summed E-state index contributed by atoms with van der Waals surface area (Å²) in [7, 11) is 3.39. The Hall–Kier alpha value is -3.42. The Labute approximate surface area is 156 Å². The fraction of sp³-hybridized carbons (Fsp3) is 0.263. The fourth-order valence-corrected chi connectivity index (χ4v) is 3.14. The molecule has 0 radical (unpaired) electrons. The van der Waals surface area contributed by atoms with Crippen LogP contribution in [0.4, 0.5) is 11.5 Å². The SMILES string of the molecule is Cc1ccc2nc(CN(C)C(=O)c3cnc4c(c3)N(C)C(=O)CN4)[nH]c2c1. The molecule has 1 aliphatic heterocycles. The van der Waals surface area contributed by atoms with Gasteiger partial charge in [-0.25, -0.2) is 9.97 Å². The molecule has 0 atom stereocenters. The van der Waals surface area contributed by atoms with Crippen LogP contribution in [0.15, 0.2) is 30.5 Å². The number of rotatable bonds is 3. The second kappa shape index (κ2) is 6.39. The summed E-state index contributed by atoms with van der Waals surface area (Å²) < 4.78 is 0. The number of hydrogen-bond acceptors (Lipinski definition) is 5. The van der Waals surface area contributed by atoms with Crippen LogP contribution in [0.25, 0.3) is 11.0 Å². The zero-order valence-corrected chi connectivity index (χ0v) is 15.4. The Bertz CT molecular complexity index is 1060. The number of likely N-dealkylation sites (N-methyl/N-ethyl adjacent to an activating group) is 1. The minimum Gasteiger partial charge on any atom is -0.359 e. The first-order valence-electron chi connectivity index (χ1n) is 8.63. The Balaban J connectivity index is 1.56. The third-order valence-electron chi connectivity index (χ3n) is 4.68. The van der Waals surface area contributed by atoms with E-state index >= 15 is 0 Å². The minimum absolute atomic E-state index is 0.0696. The van der Waals surface area contributed by atoms with Gasteiger partial charge in [-0.1, -0.05) is 6.07 Å². The van der Waals surface area contributed by atoms with Gasteiger partial charge in [-0.2, -0.15) is 0 Å². The first-order chi connectivity index (χ1) is 12.9. The zero-order chi connectivity index (χ0) is 19.1. The first-order valence-corrected chi connectivity index (χ1v) is 8.63. The highest BCUT2D eigenvalue weighted by Crippen LogP contribution is 2.27. The number of nitrogens with one attached hydrogen (secondary N) is 2. The molecule has 3 aromatic rings. The van der Waals surface area contributed by atoms with Gasteiger partial charge in [0, 0.05) is 20.3 Å². The molecule has 2 amide bonds. The van der Waals surface area contributed by atoms with E-state index in [-0.39, 0.29) is 18.4 Å². The molecule has 27 heavy (non-hydrogen) atoms. The minimum atomic E-state index is -0.187. The van der Waals surface area contributed by atoms with Crippen LogP contribution in [-0.4, -0.2) is 52.3 Å². The molecule has 2 N–H and O–H groups in total. The lowest BCUT2D eigenvalue weighted by atomic mass is 10.2. The van der Waals surface area contributed by atoms with E-state index in [1.54, 1.807) is 25.1 Å². The number of H-pyrrole nitrogens is 1. The summed E-state index contributed by atoms with van der Waals surface area (Å²) in [6, 6.07) is 7.68. The lowest BCUT2D eigenvalue weighted by Gasteiger charge is -2.26. The highest BCUT2D eigenvalue weighted by molar-refractivity contribution is 6.03. The normalized spacial score (nSPS) is 13.4. The van der Waals surface area contributed by atoms with Gasteiger partial charge in [-0.05, 0) is 30.7 Å². The number of aromatic amines is 1. The maximum Gasteiger partial charge on any atom is 0.255 e. The summed E-state index contributed by atoms with van der Waals surface area (Å²) >= 11 is 0. The van der Waals surface area contributed by atoms with Crippen molar-refractivity contribution in [3.05, 3.63) is 47.4 Å². The van der Waals surface area contributed by atoms with Crippen LogP contribution >= 0.6 is 0 Å². The van der Waals surface area contributed by atoms with Gasteiger partial charge in [-0.15, -0.1) is 0 Å². The van der Waals surface area contributed by atoms with Gasteiger partial charge in [0.2, 0.25) is 5.91 Å². The van der Waals surface area contributed by atoms with E-state index < -0.39 is 0 Å². The van der Waals surface area contributed by atoms with Gasteiger partial charge in [0.1, 0.15) is 11.6 Å². The van der Waals surface area contributed by atoms with Gasteiger partial charge in [0.05, 0.1) is 35.4 Å². The predicted octanol–water partition coefficient (Wildman–Crippen LogP) is 1.93. The number of nitrogens with zero attached hydrogens (tertiary/aromatic N) is 4. The van der Waals surface area contributed by atoms with Crippen LogP contribution in [0, 0.1) is 6.92 Å². The molecule has 0 aliphatic carbocycles. The van der Waals surface area contributed by atoms with Crippen molar-refractivity contribution in [2.75, 3.05) is 30.9 Å². The molecular formula is C19H20N6O2. The third kappa shape index (κ3) is 3.10. The number of amides is 2. The molecule has 138 valence electrons. The van der Waals surface area contributed by atoms with Crippen molar-refractivity contribution in [2.45, 2.75) is 13.5 Å². The zero-order valence-electron chi connectivity index (χ0n) is 15.4. The molecule has 8 nitrogen and oxygen atoms in total. The number of carbonyl (C=O) groups excluding carboxylic acids is 2. The molecule has 2 aromatic heterocycles. The van der Waals surface area contributed by atoms with Crippen LogP contribution in [0.1, 0.15) is 21.7 Å². The average Bonchev–Trinajstić information content (AvgIpc) is 3.05. The second-order valence-corrected chi connectivity index (χ2v) is 6.76. The average molecular weight is 364 g/mol. The van der Waals surface area contributed by atoms with Crippen molar-refractivity contribution in [1.29, 1.82) is 0 Å². The molecule has 0 saturated heterocycles. The predicted molar refractivity (Wildman–Crippen MR) is 103 cm³/mol. The smallest absolute Gasteiger partial charge is 0.255 e. The Kier molecular flexibility index (Phi) is 4.02. The summed E-state index contributed by atoms with van der Waals surface area (Å²) in [5.74, 6) is 1.06. The van der Waals surface area contributed by atoms with Gasteiger partial charge in [0.25, 0.3) is 5.91 Å². The molecule has 4 rings (SSSR count). The van der Waals surface area contributed by atoms with Crippen molar-refractivity contribution < 1.29 is 9.59 Å².